The highest BCUT2D eigenvalue weighted by molar-refractivity contribution is 7.10. The molecule has 1 saturated heterocycles. The molecule has 124 valence electrons. The Morgan fingerprint density at radius 1 is 1.48 bits per heavy atom. The Labute approximate surface area is 141 Å². The fourth-order valence-corrected chi connectivity index (χ4v) is 4.11. The monoisotopic (exact) mass is 332 g/mol. The molecule has 6 heteroatoms. The second kappa shape index (κ2) is 7.19. The van der Waals surface area contributed by atoms with E-state index in [0.29, 0.717) is 6.54 Å². The molecule has 0 aromatic carbocycles. The van der Waals surface area contributed by atoms with Gasteiger partial charge in [-0.1, -0.05) is 6.07 Å². The third-order valence-corrected chi connectivity index (χ3v) is 5.41. The summed E-state index contributed by atoms with van der Waals surface area (Å²) in [6, 6.07) is 8.65. The second-order valence-electron chi connectivity index (χ2n) is 6.16. The van der Waals surface area contributed by atoms with E-state index < -0.39 is 0 Å². The normalized spacial score (nSPS) is 19.3. The molecule has 0 saturated carbocycles. The Balaban J connectivity index is 1.62. The highest BCUT2D eigenvalue weighted by Gasteiger charge is 2.31. The number of aromatic nitrogens is 1. The number of urea groups is 1. The number of nitrogens with one attached hydrogen (secondary N) is 2. The summed E-state index contributed by atoms with van der Waals surface area (Å²) in [4.78, 5) is 21.3. The lowest BCUT2D eigenvalue weighted by molar-refractivity contribution is 0.187. The number of rotatable bonds is 5. The molecular formula is C17H24N4OS. The topological polar surface area (TPSA) is 51.4 Å². The Kier molecular flexibility index (Phi) is 5.03. The summed E-state index contributed by atoms with van der Waals surface area (Å²) in [7, 11) is 4.10. The zero-order chi connectivity index (χ0) is 16.2. The van der Waals surface area contributed by atoms with E-state index in [1.54, 1.807) is 11.3 Å². The fraction of sp³-hybridized carbons (Fsp3) is 0.471. The van der Waals surface area contributed by atoms with Crippen molar-refractivity contribution >= 4 is 17.4 Å². The lowest BCUT2D eigenvalue weighted by Crippen LogP contribution is -2.42. The number of H-pyrrole nitrogens is 1. The van der Waals surface area contributed by atoms with Crippen molar-refractivity contribution in [2.45, 2.75) is 24.9 Å². The average Bonchev–Trinajstić information content (AvgIpc) is 3.27. The third kappa shape index (κ3) is 3.59. The van der Waals surface area contributed by atoms with Gasteiger partial charge in [-0.3, -0.25) is 0 Å². The molecular weight excluding hydrogens is 308 g/mol. The number of hydrogen-bond donors (Lipinski definition) is 2. The van der Waals surface area contributed by atoms with Crippen LogP contribution in [0.25, 0.3) is 0 Å². The first-order valence-electron chi connectivity index (χ1n) is 8.04. The van der Waals surface area contributed by atoms with Gasteiger partial charge in [0.05, 0.1) is 12.1 Å². The molecule has 0 aliphatic carbocycles. The number of amides is 2. The second-order valence-corrected chi connectivity index (χ2v) is 7.14. The summed E-state index contributed by atoms with van der Waals surface area (Å²) < 4.78 is 0. The van der Waals surface area contributed by atoms with Gasteiger partial charge in [-0.25, -0.2) is 4.79 Å². The quantitative estimate of drug-likeness (QED) is 0.883. The van der Waals surface area contributed by atoms with Crippen LogP contribution in [0.2, 0.25) is 0 Å². The molecule has 3 rings (SSSR count). The van der Waals surface area contributed by atoms with Crippen LogP contribution in [0.4, 0.5) is 4.79 Å². The van der Waals surface area contributed by atoms with E-state index in [-0.39, 0.29) is 18.1 Å². The number of thiophene rings is 1. The van der Waals surface area contributed by atoms with Crippen molar-refractivity contribution in [3.8, 4) is 0 Å². The molecule has 2 N–H and O–H groups in total. The van der Waals surface area contributed by atoms with Gasteiger partial charge in [0.25, 0.3) is 0 Å². The molecule has 1 fully saturated rings. The zero-order valence-electron chi connectivity index (χ0n) is 13.7. The lowest BCUT2D eigenvalue weighted by Gasteiger charge is -2.28. The molecule has 0 bridgehead atoms. The van der Waals surface area contributed by atoms with Crippen LogP contribution in [-0.4, -0.2) is 48.0 Å². The summed E-state index contributed by atoms with van der Waals surface area (Å²) in [5.74, 6) is 0. The Hall–Kier alpha value is -1.79. The highest BCUT2D eigenvalue weighted by atomic mass is 32.1. The predicted molar refractivity (Wildman–Crippen MR) is 93.6 cm³/mol. The largest absolute Gasteiger partial charge is 0.363 e. The summed E-state index contributed by atoms with van der Waals surface area (Å²) in [5.41, 5.74) is 1.13. The summed E-state index contributed by atoms with van der Waals surface area (Å²) in [5, 5.41) is 5.20. The number of likely N-dealkylation sites (tertiary alicyclic amines) is 1. The van der Waals surface area contributed by atoms with Crippen LogP contribution in [0.3, 0.4) is 0 Å². The maximum absolute atomic E-state index is 12.6. The smallest absolute Gasteiger partial charge is 0.318 e. The van der Waals surface area contributed by atoms with E-state index >= 15 is 0 Å². The molecule has 0 radical (unpaired) electrons. The van der Waals surface area contributed by atoms with Gasteiger partial charge in [-0.15, -0.1) is 11.3 Å². The fourth-order valence-electron chi connectivity index (χ4n) is 3.19. The van der Waals surface area contributed by atoms with Crippen molar-refractivity contribution < 1.29 is 4.79 Å². The van der Waals surface area contributed by atoms with Crippen molar-refractivity contribution in [1.29, 1.82) is 0 Å². The molecule has 2 atom stereocenters. The molecule has 23 heavy (non-hydrogen) atoms. The first-order valence-corrected chi connectivity index (χ1v) is 8.92. The maximum atomic E-state index is 12.6. The first-order chi connectivity index (χ1) is 11.2. The van der Waals surface area contributed by atoms with Crippen molar-refractivity contribution in [2.24, 2.45) is 0 Å². The van der Waals surface area contributed by atoms with E-state index in [2.05, 4.69) is 38.8 Å². The van der Waals surface area contributed by atoms with Crippen LogP contribution in [-0.2, 0) is 0 Å². The molecule has 0 spiro atoms. The minimum absolute atomic E-state index is 0.0329. The van der Waals surface area contributed by atoms with Gasteiger partial charge in [-0.05, 0) is 50.5 Å². The minimum atomic E-state index is 0.0329. The Morgan fingerprint density at radius 2 is 2.35 bits per heavy atom. The van der Waals surface area contributed by atoms with Gasteiger partial charge in [0, 0.05) is 29.9 Å². The maximum Gasteiger partial charge on any atom is 0.318 e. The molecule has 1 aliphatic rings. The van der Waals surface area contributed by atoms with Crippen LogP contribution in [0.15, 0.2) is 35.8 Å². The van der Waals surface area contributed by atoms with Crippen molar-refractivity contribution in [1.82, 2.24) is 20.1 Å². The van der Waals surface area contributed by atoms with Gasteiger partial charge in [0.1, 0.15) is 0 Å². The van der Waals surface area contributed by atoms with Gasteiger partial charge in [-0.2, -0.15) is 0 Å². The number of nitrogens with zero attached hydrogens (tertiary/aromatic N) is 2. The van der Waals surface area contributed by atoms with Crippen molar-refractivity contribution in [3.63, 3.8) is 0 Å². The SMILES string of the molecule is CN(C)[C@@H](CNC(=O)N1CCC[C@@H]1c1ccc[nH]1)c1cccs1. The van der Waals surface area contributed by atoms with Crippen LogP contribution in [0, 0.1) is 0 Å². The first kappa shape index (κ1) is 16.1. The number of hydrogen-bond acceptors (Lipinski definition) is 3. The number of aromatic amines is 1. The van der Waals surface area contributed by atoms with Gasteiger partial charge >= 0.3 is 6.03 Å². The van der Waals surface area contributed by atoms with E-state index in [9.17, 15) is 4.79 Å². The van der Waals surface area contributed by atoms with Gasteiger partial charge in [0.15, 0.2) is 0 Å². The Bertz CT molecular complexity index is 609. The van der Waals surface area contributed by atoms with Gasteiger partial charge < -0.3 is 20.1 Å². The van der Waals surface area contributed by atoms with Gasteiger partial charge in [0.2, 0.25) is 0 Å². The average molecular weight is 332 g/mol. The van der Waals surface area contributed by atoms with Crippen LogP contribution in [0.1, 0.15) is 35.5 Å². The molecule has 2 aromatic rings. The number of carbonyl (C=O) groups excluding carboxylic acids is 1. The number of likely N-dealkylation sites (N-methyl/N-ethyl adjacent to an activating group) is 1. The van der Waals surface area contributed by atoms with E-state index in [1.165, 1.54) is 4.88 Å². The van der Waals surface area contributed by atoms with Crippen LogP contribution in [0.5, 0.6) is 0 Å². The molecule has 5 nitrogen and oxygen atoms in total. The molecule has 0 unspecified atom stereocenters. The molecule has 3 heterocycles. The summed E-state index contributed by atoms with van der Waals surface area (Å²) in [6.45, 7) is 1.45. The number of carbonyl (C=O) groups is 1. The predicted octanol–water partition coefficient (Wildman–Crippen LogP) is 3.23. The molecule has 2 aromatic heterocycles. The zero-order valence-corrected chi connectivity index (χ0v) is 14.5. The Morgan fingerprint density at radius 3 is 3.00 bits per heavy atom. The summed E-state index contributed by atoms with van der Waals surface area (Å²) in [6.07, 6.45) is 4.00. The standard InChI is InChI=1S/C17H24N4OS/c1-20(2)15(16-8-5-11-23-16)12-19-17(22)21-10-4-7-14(21)13-6-3-9-18-13/h3,5-6,8-9,11,14-15,18H,4,7,10,12H2,1-2H3,(H,19,22)/t14-,15+/m1/s1. The van der Waals surface area contributed by atoms with E-state index in [1.807, 2.05) is 31.3 Å². The highest BCUT2D eigenvalue weighted by Crippen LogP contribution is 2.31. The van der Waals surface area contributed by atoms with Crippen LogP contribution >= 0.6 is 11.3 Å². The minimum Gasteiger partial charge on any atom is -0.363 e. The van der Waals surface area contributed by atoms with Crippen LogP contribution < -0.4 is 5.32 Å². The third-order valence-electron chi connectivity index (χ3n) is 4.44. The van der Waals surface area contributed by atoms with Crippen molar-refractivity contribution in [2.75, 3.05) is 27.2 Å². The van der Waals surface area contributed by atoms with E-state index in [4.69, 9.17) is 0 Å². The lowest BCUT2D eigenvalue weighted by atomic mass is 10.1. The van der Waals surface area contributed by atoms with E-state index in [0.717, 1.165) is 25.1 Å². The molecule has 1 aliphatic heterocycles. The molecule has 2 amide bonds. The van der Waals surface area contributed by atoms with Crippen molar-refractivity contribution in [3.05, 3.63) is 46.4 Å². The summed E-state index contributed by atoms with van der Waals surface area (Å²) >= 11 is 1.73.